The molecule has 0 fully saturated rings. The van der Waals surface area contributed by atoms with Crippen LogP contribution in [0.5, 0.6) is 0 Å². The van der Waals surface area contributed by atoms with Gasteiger partial charge in [-0.25, -0.2) is 0 Å². The fourth-order valence-corrected chi connectivity index (χ4v) is 11.9. The summed E-state index contributed by atoms with van der Waals surface area (Å²) in [5.41, 5.74) is 4.01. The van der Waals surface area contributed by atoms with E-state index in [-0.39, 0.29) is 21.1 Å². The zero-order valence-electron chi connectivity index (χ0n) is 23.8. The van der Waals surface area contributed by atoms with Gasteiger partial charge in [-0.05, 0) is 16.5 Å². The van der Waals surface area contributed by atoms with E-state index in [1.165, 1.54) is 21.3 Å². The number of rotatable bonds is 5. The van der Waals surface area contributed by atoms with Crippen LogP contribution in [0.4, 0.5) is 0 Å². The van der Waals surface area contributed by atoms with Crippen molar-refractivity contribution < 1.29 is 25.6 Å². The van der Waals surface area contributed by atoms with E-state index < -0.39 is 20.2 Å². The number of aromatic nitrogens is 3. The second kappa shape index (κ2) is 14.1. The Labute approximate surface area is 279 Å². The van der Waals surface area contributed by atoms with Crippen LogP contribution in [0.25, 0.3) is 33.2 Å². The molecular weight excluding hydrogens is 827 g/mol. The standard InChI is InChI=1S/C21H13N3.3C6H5.Pt.Sb/c1-2-7-16(8-3-1)23-13-14-24(15-23)20-12-6-10-18-17-9-4-5-11-19(17)22-21(18)20;3*1-2-4-6-5-3-1;;/h1-7,9-14H;3*1-5H;;/q-2;;;;;. The number of nitrogens with zero attached hydrogens (tertiary/aromatic N) is 3. The van der Waals surface area contributed by atoms with Crippen LogP contribution in [0.2, 0.25) is 0 Å². The summed E-state index contributed by atoms with van der Waals surface area (Å²) in [6.07, 6.45) is 7.32. The molecule has 0 spiro atoms. The van der Waals surface area contributed by atoms with Gasteiger partial charge in [0.05, 0.1) is 5.69 Å². The third-order valence-electron chi connectivity index (χ3n) is 7.28. The van der Waals surface area contributed by atoms with Gasteiger partial charge in [0.1, 0.15) is 0 Å². The summed E-state index contributed by atoms with van der Waals surface area (Å²) in [5, 5.41) is 2.36. The molecule has 2 heterocycles. The van der Waals surface area contributed by atoms with Crippen LogP contribution in [0, 0.1) is 12.4 Å². The van der Waals surface area contributed by atoms with Gasteiger partial charge in [0.2, 0.25) is 0 Å². The molecule has 0 bridgehead atoms. The molecule has 2 aromatic heterocycles. The SMILES string of the molecule is [Pt].[c-]1ccccc1-n1[c-][n+](-c2cccc3c2[n-]c2ccccc23)cc1.c1cc[c]([Sb]([c]2ccccc2)[c]2ccccc2)cc1. The molecule has 216 valence electrons. The monoisotopic (exact) mass is 854 g/mol. The van der Waals surface area contributed by atoms with E-state index >= 15 is 0 Å². The second-order valence-corrected chi connectivity index (χ2v) is 16.4. The van der Waals surface area contributed by atoms with E-state index in [1.54, 1.807) is 0 Å². The zero-order valence-corrected chi connectivity index (χ0v) is 28.6. The van der Waals surface area contributed by atoms with Gasteiger partial charge in [0.15, 0.2) is 0 Å². The topological polar surface area (TPSA) is 22.9 Å². The second-order valence-electron chi connectivity index (χ2n) is 10.0. The Kier molecular flexibility index (Phi) is 9.56. The molecule has 5 heteroatoms. The van der Waals surface area contributed by atoms with E-state index in [9.17, 15) is 0 Å². The minimum absolute atomic E-state index is 0. The molecule has 0 aliphatic rings. The molecule has 3 nitrogen and oxygen atoms in total. The van der Waals surface area contributed by atoms with E-state index in [0.29, 0.717) is 0 Å². The van der Waals surface area contributed by atoms with Crippen LogP contribution in [0.15, 0.2) is 170 Å². The average Bonchev–Trinajstić information content (AvgIpc) is 3.73. The summed E-state index contributed by atoms with van der Waals surface area (Å²) < 4.78 is 8.46. The summed E-state index contributed by atoms with van der Waals surface area (Å²) in [4.78, 5) is 4.82. The number of hydrogen-bond donors (Lipinski definition) is 0. The number of imidazole rings is 1. The zero-order chi connectivity index (χ0) is 28.8. The fraction of sp³-hybridized carbons (Fsp3) is 0. The Bertz CT molecular complexity index is 1980. The van der Waals surface area contributed by atoms with Gasteiger partial charge in [-0.3, -0.25) is 0 Å². The van der Waals surface area contributed by atoms with Crippen molar-refractivity contribution in [3.63, 3.8) is 0 Å². The summed E-state index contributed by atoms with van der Waals surface area (Å²) >= 11 is -1.83. The van der Waals surface area contributed by atoms with Crippen LogP contribution in [0.3, 0.4) is 0 Å². The van der Waals surface area contributed by atoms with E-state index in [2.05, 4.69) is 140 Å². The van der Waals surface area contributed by atoms with Crippen molar-refractivity contribution >= 4 is 52.5 Å². The minimum atomic E-state index is -1.83. The van der Waals surface area contributed by atoms with Gasteiger partial charge in [-0.1, -0.05) is 42.5 Å². The van der Waals surface area contributed by atoms with E-state index in [0.717, 1.165) is 22.4 Å². The Balaban J connectivity index is 0.000000157. The van der Waals surface area contributed by atoms with Crippen molar-refractivity contribution in [2.24, 2.45) is 0 Å². The quantitative estimate of drug-likeness (QED) is 0.122. The van der Waals surface area contributed by atoms with Gasteiger partial charge in [0, 0.05) is 33.5 Å². The first-order valence-electron chi connectivity index (χ1n) is 14.2. The molecule has 8 aromatic rings. The Morgan fingerprint density at radius 1 is 0.568 bits per heavy atom. The van der Waals surface area contributed by atoms with Gasteiger partial charge >= 0.3 is 122 Å². The van der Waals surface area contributed by atoms with Gasteiger partial charge < -0.3 is 14.1 Å². The van der Waals surface area contributed by atoms with Crippen LogP contribution >= 0.6 is 0 Å². The number of para-hydroxylation sites is 3. The van der Waals surface area contributed by atoms with Crippen LogP contribution in [0.1, 0.15) is 0 Å². The van der Waals surface area contributed by atoms with E-state index in [1.807, 2.05) is 51.9 Å². The Hall–Kier alpha value is -4.16. The number of hydrogen-bond acceptors (Lipinski definition) is 0. The molecule has 8 rings (SSSR count). The van der Waals surface area contributed by atoms with Crippen LogP contribution in [-0.4, -0.2) is 24.8 Å². The molecule has 0 aliphatic heterocycles. The number of fused-ring (bicyclic) bond motifs is 3. The summed E-state index contributed by atoms with van der Waals surface area (Å²) in [6.45, 7) is 0. The molecule has 0 saturated heterocycles. The first-order valence-corrected chi connectivity index (χ1v) is 18.1. The summed E-state index contributed by atoms with van der Waals surface area (Å²) in [5.74, 6) is 0. The maximum absolute atomic E-state index is 4.82. The summed E-state index contributed by atoms with van der Waals surface area (Å²) in [7, 11) is 0. The third kappa shape index (κ3) is 6.36. The average molecular weight is 856 g/mol. The fourth-order valence-electron chi connectivity index (χ4n) is 5.28. The molecular formula is C39H28N3PtSb-2. The molecule has 6 aromatic carbocycles. The molecule has 0 atom stereocenters. The van der Waals surface area contributed by atoms with E-state index in [4.69, 9.17) is 4.98 Å². The van der Waals surface area contributed by atoms with Crippen molar-refractivity contribution in [2.75, 3.05) is 0 Å². The molecule has 0 aliphatic carbocycles. The first-order chi connectivity index (χ1) is 21.3. The van der Waals surface area contributed by atoms with Gasteiger partial charge in [-0.15, -0.1) is 11.0 Å². The molecule has 44 heavy (non-hydrogen) atoms. The Morgan fingerprint density at radius 3 is 1.75 bits per heavy atom. The molecule has 0 amide bonds. The van der Waals surface area contributed by atoms with Gasteiger partial charge in [-0.2, -0.15) is 30.3 Å². The molecule has 0 radical (unpaired) electrons. The van der Waals surface area contributed by atoms with Crippen LogP contribution < -0.4 is 20.1 Å². The predicted molar refractivity (Wildman–Crippen MR) is 177 cm³/mol. The van der Waals surface area contributed by atoms with Crippen molar-refractivity contribution in [1.82, 2.24) is 9.55 Å². The molecule has 0 N–H and O–H groups in total. The summed E-state index contributed by atoms with van der Waals surface area (Å²) in [6, 6.07) is 58.5. The van der Waals surface area contributed by atoms with Crippen molar-refractivity contribution in [3.05, 3.63) is 183 Å². The van der Waals surface area contributed by atoms with Crippen LogP contribution in [-0.2, 0) is 21.1 Å². The normalized spacial score (nSPS) is 10.8. The van der Waals surface area contributed by atoms with Crippen molar-refractivity contribution in [1.29, 1.82) is 0 Å². The first kappa shape index (κ1) is 29.9. The van der Waals surface area contributed by atoms with Crippen molar-refractivity contribution in [3.8, 4) is 11.4 Å². The van der Waals surface area contributed by atoms with Crippen molar-refractivity contribution in [2.45, 2.75) is 0 Å². The maximum atomic E-state index is 4.82. The number of benzene rings is 6. The third-order valence-corrected chi connectivity index (χ3v) is 14.3. The Morgan fingerprint density at radius 2 is 1.14 bits per heavy atom. The van der Waals surface area contributed by atoms with Gasteiger partial charge in [0.25, 0.3) is 6.33 Å². The predicted octanol–water partition coefficient (Wildman–Crippen LogP) is 5.82. The molecule has 0 unspecified atom stereocenters. The molecule has 0 saturated carbocycles.